The van der Waals surface area contributed by atoms with Crippen molar-refractivity contribution in [3.05, 3.63) is 29.8 Å². The van der Waals surface area contributed by atoms with Gasteiger partial charge in [-0.1, -0.05) is 0 Å². The summed E-state index contributed by atoms with van der Waals surface area (Å²) in [7, 11) is 0. The van der Waals surface area contributed by atoms with Crippen molar-refractivity contribution in [3.63, 3.8) is 0 Å². The molecule has 1 unspecified atom stereocenters. The SMILES string of the molecule is OC1CCNN1c1ccc(C(F)(F)F)cc1. The van der Waals surface area contributed by atoms with E-state index in [1.54, 1.807) is 0 Å². The number of anilines is 1. The Morgan fingerprint density at radius 2 is 1.88 bits per heavy atom. The summed E-state index contributed by atoms with van der Waals surface area (Å²) in [6, 6.07) is 4.68. The number of rotatable bonds is 1. The molecule has 0 aliphatic carbocycles. The van der Waals surface area contributed by atoms with Crippen LogP contribution in [0.15, 0.2) is 24.3 Å². The molecule has 1 aliphatic heterocycles. The maximum Gasteiger partial charge on any atom is 0.416 e. The van der Waals surface area contributed by atoms with E-state index in [0.717, 1.165) is 12.1 Å². The van der Waals surface area contributed by atoms with Crippen molar-refractivity contribution in [2.75, 3.05) is 11.6 Å². The zero-order chi connectivity index (χ0) is 11.8. The molecule has 1 aromatic carbocycles. The number of hydrogen-bond donors (Lipinski definition) is 2. The van der Waals surface area contributed by atoms with Crippen molar-refractivity contribution in [3.8, 4) is 0 Å². The molecule has 1 heterocycles. The van der Waals surface area contributed by atoms with E-state index in [9.17, 15) is 18.3 Å². The number of halogens is 3. The molecule has 16 heavy (non-hydrogen) atoms. The number of aliphatic hydroxyl groups is 1. The van der Waals surface area contributed by atoms with E-state index in [4.69, 9.17) is 0 Å². The van der Waals surface area contributed by atoms with Gasteiger partial charge in [0.1, 0.15) is 6.23 Å². The van der Waals surface area contributed by atoms with Gasteiger partial charge in [-0.05, 0) is 24.3 Å². The molecule has 1 atom stereocenters. The van der Waals surface area contributed by atoms with Gasteiger partial charge in [0.2, 0.25) is 0 Å². The van der Waals surface area contributed by atoms with E-state index < -0.39 is 18.0 Å². The Morgan fingerprint density at radius 1 is 1.25 bits per heavy atom. The minimum absolute atomic E-state index is 0.526. The van der Waals surface area contributed by atoms with Crippen molar-refractivity contribution in [1.29, 1.82) is 0 Å². The summed E-state index contributed by atoms with van der Waals surface area (Å²) in [5.41, 5.74) is 2.72. The first kappa shape index (κ1) is 11.2. The summed E-state index contributed by atoms with van der Waals surface area (Å²) >= 11 is 0. The highest BCUT2D eigenvalue weighted by molar-refractivity contribution is 5.48. The second-order valence-electron chi connectivity index (χ2n) is 3.59. The molecular weight excluding hydrogens is 221 g/mol. The molecule has 2 rings (SSSR count). The molecule has 3 nitrogen and oxygen atoms in total. The lowest BCUT2D eigenvalue weighted by Crippen LogP contribution is -2.37. The fraction of sp³-hybridized carbons (Fsp3) is 0.400. The maximum absolute atomic E-state index is 12.3. The molecule has 88 valence electrons. The first-order valence-corrected chi connectivity index (χ1v) is 4.86. The quantitative estimate of drug-likeness (QED) is 0.774. The van der Waals surface area contributed by atoms with Crippen molar-refractivity contribution < 1.29 is 18.3 Å². The van der Waals surface area contributed by atoms with Gasteiger partial charge in [-0.25, -0.2) is 5.43 Å². The lowest BCUT2D eigenvalue weighted by Gasteiger charge is -2.22. The van der Waals surface area contributed by atoms with Crippen molar-refractivity contribution in [2.24, 2.45) is 0 Å². The van der Waals surface area contributed by atoms with Crippen molar-refractivity contribution >= 4 is 5.69 Å². The van der Waals surface area contributed by atoms with Gasteiger partial charge < -0.3 is 5.11 Å². The number of hydrazine groups is 1. The van der Waals surface area contributed by atoms with Crippen LogP contribution in [0.1, 0.15) is 12.0 Å². The van der Waals surface area contributed by atoms with Crippen LogP contribution in [0.2, 0.25) is 0 Å². The molecular formula is C10H11F3N2O. The second-order valence-corrected chi connectivity index (χ2v) is 3.59. The van der Waals surface area contributed by atoms with Crippen LogP contribution in [0, 0.1) is 0 Å². The summed E-state index contributed by atoms with van der Waals surface area (Å²) in [5.74, 6) is 0. The summed E-state index contributed by atoms with van der Waals surface area (Å²) in [6.07, 6.45) is -4.45. The Hall–Kier alpha value is -1.27. The number of alkyl halides is 3. The average Bonchev–Trinajstić information content (AvgIpc) is 2.63. The van der Waals surface area contributed by atoms with Gasteiger partial charge in [-0.3, -0.25) is 5.01 Å². The minimum atomic E-state index is -4.32. The van der Waals surface area contributed by atoms with E-state index in [0.29, 0.717) is 18.7 Å². The number of hydrogen-bond acceptors (Lipinski definition) is 3. The molecule has 1 saturated heterocycles. The smallest absolute Gasteiger partial charge is 0.372 e. The van der Waals surface area contributed by atoms with Crippen LogP contribution in [-0.2, 0) is 6.18 Å². The van der Waals surface area contributed by atoms with E-state index >= 15 is 0 Å². The van der Waals surface area contributed by atoms with Crippen LogP contribution in [0.25, 0.3) is 0 Å². The summed E-state index contributed by atoms with van der Waals surface area (Å²) < 4.78 is 36.9. The first-order valence-electron chi connectivity index (χ1n) is 4.86. The zero-order valence-electron chi connectivity index (χ0n) is 8.33. The minimum Gasteiger partial charge on any atom is -0.372 e. The lowest BCUT2D eigenvalue weighted by atomic mass is 10.2. The zero-order valence-corrected chi connectivity index (χ0v) is 8.33. The van der Waals surface area contributed by atoms with Gasteiger partial charge in [-0.15, -0.1) is 0 Å². The third-order valence-electron chi connectivity index (χ3n) is 2.46. The Labute approximate surface area is 90.5 Å². The van der Waals surface area contributed by atoms with E-state index in [-0.39, 0.29) is 0 Å². The molecule has 0 saturated carbocycles. The van der Waals surface area contributed by atoms with Gasteiger partial charge in [0.15, 0.2) is 0 Å². The fourth-order valence-corrected chi connectivity index (χ4v) is 1.62. The Kier molecular flexibility index (Phi) is 2.77. The molecule has 6 heteroatoms. The first-order chi connectivity index (χ1) is 7.48. The lowest BCUT2D eigenvalue weighted by molar-refractivity contribution is -0.137. The average molecular weight is 232 g/mol. The molecule has 0 bridgehead atoms. The molecule has 0 amide bonds. The molecule has 0 aromatic heterocycles. The van der Waals surface area contributed by atoms with E-state index in [1.807, 2.05) is 0 Å². The molecule has 0 radical (unpaired) electrons. The topological polar surface area (TPSA) is 35.5 Å². The molecule has 1 fully saturated rings. The number of nitrogens with zero attached hydrogens (tertiary/aromatic N) is 1. The monoisotopic (exact) mass is 232 g/mol. The standard InChI is InChI=1S/C10H11F3N2O/c11-10(12,13)7-1-3-8(4-2-7)15-9(16)5-6-14-15/h1-4,9,14,16H,5-6H2. The summed E-state index contributed by atoms with van der Waals surface area (Å²) in [5, 5.41) is 11.0. The molecule has 1 aliphatic rings. The van der Waals surface area contributed by atoms with Gasteiger partial charge in [-0.2, -0.15) is 13.2 Å². The molecule has 0 spiro atoms. The normalized spacial score (nSPS) is 21.5. The predicted molar refractivity (Wildman–Crippen MR) is 52.5 cm³/mol. The van der Waals surface area contributed by atoms with Crippen LogP contribution < -0.4 is 10.4 Å². The third-order valence-corrected chi connectivity index (χ3v) is 2.46. The van der Waals surface area contributed by atoms with Gasteiger partial charge in [0.05, 0.1) is 11.3 Å². The largest absolute Gasteiger partial charge is 0.416 e. The van der Waals surface area contributed by atoms with Crippen LogP contribution in [0.3, 0.4) is 0 Å². The van der Waals surface area contributed by atoms with Crippen molar-refractivity contribution in [2.45, 2.75) is 18.8 Å². The molecule has 1 aromatic rings. The highest BCUT2D eigenvalue weighted by atomic mass is 19.4. The second kappa shape index (κ2) is 3.95. The number of benzene rings is 1. The fourth-order valence-electron chi connectivity index (χ4n) is 1.62. The molecule has 2 N–H and O–H groups in total. The maximum atomic E-state index is 12.3. The predicted octanol–water partition coefficient (Wildman–Crippen LogP) is 1.74. The summed E-state index contributed by atoms with van der Waals surface area (Å²) in [6.45, 7) is 0.613. The van der Waals surface area contributed by atoms with Crippen LogP contribution in [-0.4, -0.2) is 17.9 Å². The Morgan fingerprint density at radius 3 is 2.31 bits per heavy atom. The van der Waals surface area contributed by atoms with Crippen molar-refractivity contribution in [1.82, 2.24) is 5.43 Å². The summed E-state index contributed by atoms with van der Waals surface area (Å²) in [4.78, 5) is 0. The van der Waals surface area contributed by atoms with Crippen LogP contribution >= 0.6 is 0 Å². The van der Waals surface area contributed by atoms with Crippen LogP contribution in [0.5, 0.6) is 0 Å². The van der Waals surface area contributed by atoms with Gasteiger partial charge >= 0.3 is 6.18 Å². The van der Waals surface area contributed by atoms with Gasteiger partial charge in [0.25, 0.3) is 0 Å². The highest BCUT2D eigenvalue weighted by Gasteiger charge is 2.30. The number of aliphatic hydroxyl groups excluding tert-OH is 1. The van der Waals surface area contributed by atoms with E-state index in [2.05, 4.69) is 5.43 Å². The van der Waals surface area contributed by atoms with Gasteiger partial charge in [0, 0.05) is 13.0 Å². The van der Waals surface area contributed by atoms with Crippen LogP contribution in [0.4, 0.5) is 18.9 Å². The van der Waals surface area contributed by atoms with E-state index in [1.165, 1.54) is 17.1 Å². The Balaban J connectivity index is 2.19. The highest BCUT2D eigenvalue weighted by Crippen LogP contribution is 2.30. The third kappa shape index (κ3) is 2.12. The number of nitrogens with one attached hydrogen (secondary N) is 1. The Bertz CT molecular complexity index is 363.